The standard InChI is InChI=1S/C17H20ClNO5/c1-19(11-4-5-12(22-2)15(11)20)17(21)14-7-9-6-10(18)8-13(23-3)16(9)24-14/h6-8,11-12,15,20H,4-5H2,1-3H3/t11-,12-,15-/m1/s1. The van der Waals surface area contributed by atoms with Gasteiger partial charge in [-0.1, -0.05) is 11.6 Å². The predicted octanol–water partition coefficient (Wildman–Crippen LogP) is 2.71. The number of ether oxygens (including phenoxy) is 2. The zero-order valence-electron chi connectivity index (χ0n) is 13.8. The van der Waals surface area contributed by atoms with Crippen LogP contribution < -0.4 is 4.74 Å². The van der Waals surface area contributed by atoms with E-state index in [1.165, 1.54) is 12.0 Å². The summed E-state index contributed by atoms with van der Waals surface area (Å²) in [6.07, 6.45) is 0.429. The third-order valence-electron chi connectivity index (χ3n) is 4.62. The van der Waals surface area contributed by atoms with Crippen molar-refractivity contribution in [2.45, 2.75) is 31.1 Å². The van der Waals surface area contributed by atoms with Crippen LogP contribution in [0.1, 0.15) is 23.4 Å². The Hall–Kier alpha value is -1.76. The Morgan fingerprint density at radius 2 is 2.08 bits per heavy atom. The van der Waals surface area contributed by atoms with Gasteiger partial charge in [0.05, 0.1) is 19.3 Å². The molecule has 1 aliphatic carbocycles. The average molecular weight is 354 g/mol. The monoisotopic (exact) mass is 353 g/mol. The highest BCUT2D eigenvalue weighted by atomic mass is 35.5. The number of halogens is 1. The lowest BCUT2D eigenvalue weighted by atomic mass is 10.1. The first-order chi connectivity index (χ1) is 11.5. The number of nitrogens with zero attached hydrogens (tertiary/aromatic N) is 1. The minimum absolute atomic E-state index is 0.182. The number of rotatable bonds is 4. The molecule has 3 atom stereocenters. The van der Waals surface area contributed by atoms with Crippen LogP contribution in [0.25, 0.3) is 11.0 Å². The van der Waals surface area contributed by atoms with E-state index in [-0.39, 0.29) is 23.8 Å². The van der Waals surface area contributed by atoms with Crippen molar-refractivity contribution in [1.82, 2.24) is 4.90 Å². The normalized spacial score (nSPS) is 23.6. The summed E-state index contributed by atoms with van der Waals surface area (Å²) in [7, 11) is 4.74. The SMILES string of the molecule is COc1cc(Cl)cc2cc(C(=O)N(C)[C@@H]3CC[C@@H](OC)[C@@H]3O)oc12. The minimum atomic E-state index is -0.711. The number of methoxy groups -OCH3 is 2. The lowest BCUT2D eigenvalue weighted by Gasteiger charge is -2.27. The van der Waals surface area contributed by atoms with Gasteiger partial charge < -0.3 is 23.9 Å². The number of furan rings is 1. The second-order valence-corrected chi connectivity index (χ2v) is 6.40. The Balaban J connectivity index is 1.88. The summed E-state index contributed by atoms with van der Waals surface area (Å²) in [6.45, 7) is 0. The van der Waals surface area contributed by atoms with E-state index in [4.69, 9.17) is 25.5 Å². The molecule has 1 saturated carbocycles. The van der Waals surface area contributed by atoms with E-state index in [1.54, 1.807) is 32.4 Å². The van der Waals surface area contributed by atoms with Crippen LogP contribution in [0.3, 0.4) is 0 Å². The maximum absolute atomic E-state index is 12.7. The van der Waals surface area contributed by atoms with Crippen LogP contribution in [0.2, 0.25) is 5.02 Å². The molecule has 6 nitrogen and oxygen atoms in total. The zero-order valence-corrected chi connectivity index (χ0v) is 14.5. The summed E-state index contributed by atoms with van der Waals surface area (Å²) in [5.74, 6) is 0.353. The molecular formula is C17H20ClNO5. The first kappa shape index (κ1) is 17.1. The molecule has 1 N–H and O–H groups in total. The molecule has 1 heterocycles. The van der Waals surface area contributed by atoms with Crippen LogP contribution in [0.5, 0.6) is 5.75 Å². The number of likely N-dealkylation sites (N-methyl/N-ethyl adjacent to an activating group) is 1. The molecule has 1 aliphatic rings. The number of amides is 1. The van der Waals surface area contributed by atoms with Gasteiger partial charge in [-0.25, -0.2) is 0 Å². The predicted molar refractivity (Wildman–Crippen MR) is 89.7 cm³/mol. The second-order valence-electron chi connectivity index (χ2n) is 5.96. The maximum Gasteiger partial charge on any atom is 0.289 e. The van der Waals surface area contributed by atoms with Crippen LogP contribution >= 0.6 is 11.6 Å². The van der Waals surface area contributed by atoms with Gasteiger partial charge in [0.25, 0.3) is 5.91 Å². The number of carbonyl (C=O) groups is 1. The molecule has 24 heavy (non-hydrogen) atoms. The molecule has 0 bridgehead atoms. The Bertz CT molecular complexity index is 759. The highest BCUT2D eigenvalue weighted by Gasteiger charge is 2.39. The summed E-state index contributed by atoms with van der Waals surface area (Å²) >= 11 is 6.04. The number of benzene rings is 1. The van der Waals surface area contributed by atoms with Crippen LogP contribution in [-0.4, -0.2) is 55.4 Å². The fourth-order valence-corrected chi connectivity index (χ4v) is 3.49. The van der Waals surface area contributed by atoms with Gasteiger partial charge in [-0.15, -0.1) is 0 Å². The lowest BCUT2D eigenvalue weighted by Crippen LogP contribution is -2.44. The van der Waals surface area contributed by atoms with E-state index in [0.29, 0.717) is 34.6 Å². The summed E-state index contributed by atoms with van der Waals surface area (Å²) < 4.78 is 16.2. The number of carbonyl (C=O) groups excluding carboxylic acids is 1. The topological polar surface area (TPSA) is 72.1 Å². The average Bonchev–Trinajstić information content (AvgIpc) is 3.15. The first-order valence-corrected chi connectivity index (χ1v) is 8.09. The smallest absolute Gasteiger partial charge is 0.289 e. The van der Waals surface area contributed by atoms with Crippen LogP contribution in [0.15, 0.2) is 22.6 Å². The van der Waals surface area contributed by atoms with E-state index in [1.807, 2.05) is 0 Å². The fraction of sp³-hybridized carbons (Fsp3) is 0.471. The molecule has 0 spiro atoms. The van der Waals surface area contributed by atoms with Gasteiger partial charge in [-0.3, -0.25) is 4.79 Å². The van der Waals surface area contributed by atoms with Gasteiger partial charge in [0.2, 0.25) is 0 Å². The first-order valence-electron chi connectivity index (χ1n) is 7.71. The summed E-state index contributed by atoms with van der Waals surface area (Å²) in [6, 6.07) is 4.68. The third-order valence-corrected chi connectivity index (χ3v) is 4.84. The van der Waals surface area contributed by atoms with Crippen molar-refractivity contribution in [2.24, 2.45) is 0 Å². The molecule has 1 aromatic heterocycles. The summed E-state index contributed by atoms with van der Waals surface area (Å²) in [5.41, 5.74) is 0.473. The van der Waals surface area contributed by atoms with Gasteiger partial charge >= 0.3 is 0 Å². The van der Waals surface area contributed by atoms with E-state index < -0.39 is 6.10 Å². The fourth-order valence-electron chi connectivity index (χ4n) is 3.27. The van der Waals surface area contributed by atoms with Gasteiger partial charge in [-0.05, 0) is 25.0 Å². The quantitative estimate of drug-likeness (QED) is 0.915. The van der Waals surface area contributed by atoms with E-state index in [2.05, 4.69) is 0 Å². The second kappa shape index (κ2) is 6.63. The van der Waals surface area contributed by atoms with E-state index in [0.717, 1.165) is 0 Å². The van der Waals surface area contributed by atoms with Crippen molar-refractivity contribution in [2.75, 3.05) is 21.3 Å². The largest absolute Gasteiger partial charge is 0.493 e. The zero-order chi connectivity index (χ0) is 17.4. The van der Waals surface area contributed by atoms with Crippen LogP contribution in [-0.2, 0) is 4.74 Å². The molecule has 1 amide bonds. The van der Waals surface area contributed by atoms with E-state index >= 15 is 0 Å². The van der Waals surface area contributed by atoms with Gasteiger partial charge in [0.15, 0.2) is 17.1 Å². The molecule has 0 saturated heterocycles. The number of aliphatic hydroxyl groups excluding tert-OH is 1. The van der Waals surface area contributed by atoms with Crippen molar-refractivity contribution >= 4 is 28.5 Å². The van der Waals surface area contributed by atoms with Crippen LogP contribution in [0, 0.1) is 0 Å². The van der Waals surface area contributed by atoms with Gasteiger partial charge in [0, 0.05) is 30.6 Å². The Labute approximate surface area is 144 Å². The Morgan fingerprint density at radius 3 is 2.71 bits per heavy atom. The van der Waals surface area contributed by atoms with Crippen molar-refractivity contribution < 1.29 is 23.8 Å². The Morgan fingerprint density at radius 1 is 1.33 bits per heavy atom. The molecule has 130 valence electrons. The third kappa shape index (κ3) is 2.85. The Kier molecular flexibility index (Phi) is 4.71. The summed E-state index contributed by atoms with van der Waals surface area (Å²) in [5, 5.41) is 11.5. The molecule has 0 aliphatic heterocycles. The molecule has 7 heteroatoms. The number of hydrogen-bond donors (Lipinski definition) is 1. The summed E-state index contributed by atoms with van der Waals surface area (Å²) in [4.78, 5) is 14.2. The number of aliphatic hydroxyl groups is 1. The van der Waals surface area contributed by atoms with Gasteiger partial charge in [-0.2, -0.15) is 0 Å². The van der Waals surface area contributed by atoms with Crippen molar-refractivity contribution in [3.05, 3.63) is 29.0 Å². The van der Waals surface area contributed by atoms with Crippen molar-refractivity contribution in [3.8, 4) is 5.75 Å². The molecule has 0 unspecified atom stereocenters. The highest BCUT2D eigenvalue weighted by Crippen LogP contribution is 2.33. The molecule has 1 aromatic carbocycles. The molecule has 3 rings (SSSR count). The van der Waals surface area contributed by atoms with Gasteiger partial charge in [0.1, 0.15) is 6.10 Å². The van der Waals surface area contributed by atoms with Crippen molar-refractivity contribution in [1.29, 1.82) is 0 Å². The molecular weight excluding hydrogens is 334 g/mol. The minimum Gasteiger partial charge on any atom is -0.493 e. The number of hydrogen-bond acceptors (Lipinski definition) is 5. The molecule has 0 radical (unpaired) electrons. The van der Waals surface area contributed by atoms with E-state index in [9.17, 15) is 9.90 Å². The molecule has 1 fully saturated rings. The van der Waals surface area contributed by atoms with Crippen LogP contribution in [0.4, 0.5) is 0 Å². The highest BCUT2D eigenvalue weighted by molar-refractivity contribution is 6.31. The molecule has 2 aromatic rings. The maximum atomic E-state index is 12.7. The number of fused-ring (bicyclic) bond motifs is 1. The van der Waals surface area contributed by atoms with Crippen molar-refractivity contribution in [3.63, 3.8) is 0 Å². The lowest BCUT2D eigenvalue weighted by molar-refractivity contribution is -0.0160.